The van der Waals surface area contributed by atoms with E-state index in [2.05, 4.69) is 14.7 Å². The number of methoxy groups -OCH3 is 1. The van der Waals surface area contributed by atoms with E-state index in [9.17, 15) is 27.9 Å². The fourth-order valence-electron chi connectivity index (χ4n) is 3.82. The first-order valence-electron chi connectivity index (χ1n) is 10.8. The smallest absolute Gasteiger partial charge is 0.437 e. The lowest BCUT2D eigenvalue weighted by molar-refractivity contribution is -0.274. The number of hydrogen-bond acceptors (Lipinski definition) is 9. The number of hydrogen-bond donors (Lipinski definition) is 1. The molecular weight excluding hydrogens is 535 g/mol. The molecule has 38 heavy (non-hydrogen) atoms. The van der Waals surface area contributed by atoms with Crippen molar-refractivity contribution in [2.75, 3.05) is 7.11 Å². The average molecular weight is 554 g/mol. The normalized spacial score (nSPS) is 14.1. The highest BCUT2D eigenvalue weighted by Gasteiger charge is 2.59. The maximum atomic E-state index is 14.4. The summed E-state index contributed by atoms with van der Waals surface area (Å²) in [5.41, 5.74) is -3.74. The second kappa shape index (κ2) is 9.99. The molecule has 14 heteroatoms. The van der Waals surface area contributed by atoms with Gasteiger partial charge in [-0.1, -0.05) is 30.7 Å². The van der Waals surface area contributed by atoms with Crippen LogP contribution < -0.4 is 15.2 Å². The monoisotopic (exact) mass is 553 g/mol. The number of ether oxygens (including phenoxy) is 3. The molecule has 0 aliphatic carbocycles. The van der Waals surface area contributed by atoms with Crippen LogP contribution in [0.25, 0.3) is 11.1 Å². The Morgan fingerprint density at radius 1 is 1.13 bits per heavy atom. The maximum Gasteiger partial charge on any atom is 0.513 e. The molecular formula is C24H19ClF3N3O7. The van der Waals surface area contributed by atoms with Crippen molar-refractivity contribution in [3.8, 4) is 17.5 Å². The number of aromatic nitrogens is 3. The molecule has 0 radical (unpaired) electrons. The number of halogens is 4. The summed E-state index contributed by atoms with van der Waals surface area (Å²) in [5.74, 6) is -2.25. The van der Waals surface area contributed by atoms with Gasteiger partial charge in [0.1, 0.15) is 5.75 Å². The zero-order valence-corrected chi connectivity index (χ0v) is 20.7. The first-order chi connectivity index (χ1) is 17.8. The number of carbonyl (C=O) groups excluding carboxylic acids is 1. The molecule has 0 bridgehead atoms. The summed E-state index contributed by atoms with van der Waals surface area (Å²) in [6, 6.07) is 6.99. The van der Waals surface area contributed by atoms with E-state index in [0.717, 1.165) is 36.2 Å². The first kappa shape index (κ1) is 26.9. The molecule has 4 aromatic rings. The van der Waals surface area contributed by atoms with Crippen molar-refractivity contribution < 1.29 is 41.7 Å². The van der Waals surface area contributed by atoms with Gasteiger partial charge in [-0.05, 0) is 35.4 Å². The minimum atomic E-state index is -5.12. The predicted molar refractivity (Wildman–Crippen MR) is 126 cm³/mol. The molecule has 2 atom stereocenters. The maximum absolute atomic E-state index is 14.4. The number of nitrogens with zero attached hydrogens (tertiary/aromatic N) is 3. The topological polar surface area (TPSA) is 126 Å². The molecule has 0 aliphatic rings. The van der Waals surface area contributed by atoms with Crippen LogP contribution in [-0.2, 0) is 17.4 Å². The third kappa shape index (κ3) is 4.89. The van der Waals surface area contributed by atoms with E-state index in [1.807, 2.05) is 0 Å². The number of rotatable bonds is 6. The number of fused-ring (bicyclic) bond motifs is 1. The molecule has 0 aliphatic heterocycles. The molecule has 0 fully saturated rings. The first-order valence-corrected chi connectivity index (χ1v) is 11.2. The molecule has 0 spiro atoms. The molecule has 10 nitrogen and oxygen atoms in total. The molecule has 0 saturated heterocycles. The van der Waals surface area contributed by atoms with E-state index in [1.54, 1.807) is 0 Å². The van der Waals surface area contributed by atoms with E-state index in [4.69, 9.17) is 25.5 Å². The van der Waals surface area contributed by atoms with Crippen LogP contribution in [0.1, 0.15) is 24.0 Å². The zero-order valence-electron chi connectivity index (χ0n) is 19.9. The van der Waals surface area contributed by atoms with Gasteiger partial charge in [0.2, 0.25) is 0 Å². The van der Waals surface area contributed by atoms with Crippen LogP contribution >= 0.6 is 11.6 Å². The molecule has 4 rings (SSSR count). The number of benzene rings is 2. The largest absolute Gasteiger partial charge is 0.513 e. The SMILES string of the molecule is COC(=O)Oc1cnc(Oc2ccc(C(C)C(O)(c3ccc4oc(=O)n(C)c4c3)C(F)(F)F)c(Cl)c2)nc1. The summed E-state index contributed by atoms with van der Waals surface area (Å²) in [5, 5.41) is 11.0. The van der Waals surface area contributed by atoms with Gasteiger partial charge >= 0.3 is 24.1 Å². The second-order valence-corrected chi connectivity index (χ2v) is 8.55. The Hall–Kier alpha value is -4.10. The zero-order chi connectivity index (χ0) is 27.8. The van der Waals surface area contributed by atoms with Gasteiger partial charge in [-0.25, -0.2) is 9.59 Å². The third-order valence-electron chi connectivity index (χ3n) is 5.91. The average Bonchev–Trinajstić information content (AvgIpc) is 3.16. The summed E-state index contributed by atoms with van der Waals surface area (Å²) in [7, 11) is 2.47. The summed E-state index contributed by atoms with van der Waals surface area (Å²) < 4.78 is 63.8. The lowest BCUT2D eigenvalue weighted by Crippen LogP contribution is -2.46. The summed E-state index contributed by atoms with van der Waals surface area (Å²) >= 11 is 6.33. The van der Waals surface area contributed by atoms with E-state index < -0.39 is 35.2 Å². The van der Waals surface area contributed by atoms with Crippen LogP contribution in [0.15, 0.2) is 58.0 Å². The molecule has 200 valence electrons. The van der Waals surface area contributed by atoms with E-state index in [0.29, 0.717) is 0 Å². The van der Waals surface area contributed by atoms with E-state index >= 15 is 0 Å². The van der Waals surface area contributed by atoms with Crippen LogP contribution in [0.4, 0.5) is 18.0 Å². The van der Waals surface area contributed by atoms with Crippen molar-refractivity contribution in [3.63, 3.8) is 0 Å². The van der Waals surface area contributed by atoms with Crippen LogP contribution in [0.2, 0.25) is 5.02 Å². The van der Waals surface area contributed by atoms with Gasteiger partial charge in [-0.2, -0.15) is 23.1 Å². The highest BCUT2D eigenvalue weighted by molar-refractivity contribution is 6.31. The van der Waals surface area contributed by atoms with Gasteiger partial charge in [0.15, 0.2) is 16.9 Å². The van der Waals surface area contributed by atoms with Crippen LogP contribution in [0.3, 0.4) is 0 Å². The van der Waals surface area contributed by atoms with Crippen molar-refractivity contribution in [1.82, 2.24) is 14.5 Å². The lowest BCUT2D eigenvalue weighted by atomic mass is 9.77. The number of alkyl halides is 3. The molecule has 2 aromatic carbocycles. The Kier molecular flexibility index (Phi) is 7.08. The Morgan fingerprint density at radius 2 is 1.82 bits per heavy atom. The highest BCUT2D eigenvalue weighted by atomic mass is 35.5. The quantitative estimate of drug-likeness (QED) is 0.326. The van der Waals surface area contributed by atoms with Crippen molar-refractivity contribution >= 4 is 28.9 Å². The van der Waals surface area contributed by atoms with Gasteiger partial charge < -0.3 is 23.7 Å². The van der Waals surface area contributed by atoms with Gasteiger partial charge in [0.05, 0.1) is 25.0 Å². The predicted octanol–water partition coefficient (Wildman–Crippen LogP) is 5.07. The number of aryl methyl sites for hydroxylation is 1. The Labute approximate surface area is 217 Å². The van der Waals surface area contributed by atoms with Crippen LogP contribution in [0, 0.1) is 0 Å². The number of carbonyl (C=O) groups is 1. The van der Waals surface area contributed by atoms with Crippen molar-refractivity contribution in [1.29, 1.82) is 0 Å². The van der Waals surface area contributed by atoms with Crippen molar-refractivity contribution in [2.45, 2.75) is 24.6 Å². The van der Waals surface area contributed by atoms with Crippen LogP contribution in [0.5, 0.6) is 17.5 Å². The Morgan fingerprint density at radius 3 is 2.42 bits per heavy atom. The van der Waals surface area contributed by atoms with E-state index in [-0.39, 0.29) is 39.2 Å². The van der Waals surface area contributed by atoms with Gasteiger partial charge in [-0.15, -0.1) is 0 Å². The second-order valence-electron chi connectivity index (χ2n) is 8.14. The summed E-state index contributed by atoms with van der Waals surface area (Å²) in [6.07, 6.45) is -3.80. The minimum Gasteiger partial charge on any atom is -0.437 e. The summed E-state index contributed by atoms with van der Waals surface area (Å²) in [4.78, 5) is 30.6. The third-order valence-corrected chi connectivity index (χ3v) is 6.24. The molecule has 2 unspecified atom stereocenters. The number of aliphatic hydroxyl groups is 1. The standard InChI is InChI=1S/C24H19ClF3N3O7/c1-12(23(34,24(26,27)28)13-4-7-19-18(8-13)31(2)21(32)38-19)16-6-5-14(9-17(16)25)36-20-29-10-15(11-30-20)37-22(33)35-3/h4-12,34H,1-3H3. The highest BCUT2D eigenvalue weighted by Crippen LogP contribution is 2.50. The molecule has 1 N–H and O–H groups in total. The molecule has 2 heterocycles. The number of oxazole rings is 1. The van der Waals surface area contributed by atoms with Crippen molar-refractivity contribution in [2.24, 2.45) is 7.05 Å². The molecule has 2 aromatic heterocycles. The Balaban J connectivity index is 1.64. The van der Waals surface area contributed by atoms with Crippen LogP contribution in [-0.4, -0.2) is 39.1 Å². The molecule has 0 amide bonds. The fraction of sp³-hybridized carbons (Fsp3) is 0.250. The Bertz CT molecular complexity index is 1550. The van der Waals surface area contributed by atoms with Crippen molar-refractivity contribution in [3.05, 3.63) is 75.5 Å². The fourth-order valence-corrected chi connectivity index (χ4v) is 4.16. The van der Waals surface area contributed by atoms with E-state index in [1.165, 1.54) is 38.2 Å². The van der Waals surface area contributed by atoms with Gasteiger partial charge in [0.25, 0.3) is 0 Å². The lowest BCUT2D eigenvalue weighted by Gasteiger charge is -2.37. The summed E-state index contributed by atoms with van der Waals surface area (Å²) in [6.45, 7) is 1.18. The van der Waals surface area contributed by atoms with Gasteiger partial charge in [0, 0.05) is 18.0 Å². The minimum absolute atomic E-state index is 0.00785. The molecule has 0 saturated carbocycles. The van der Waals surface area contributed by atoms with Gasteiger partial charge in [-0.3, -0.25) is 4.57 Å².